The van der Waals surface area contributed by atoms with E-state index < -0.39 is 0 Å². The molecule has 4 heteroatoms. The van der Waals surface area contributed by atoms with E-state index >= 15 is 0 Å². The monoisotopic (exact) mass is 212 g/mol. The van der Waals surface area contributed by atoms with Crippen LogP contribution in [0.5, 0.6) is 0 Å². The summed E-state index contributed by atoms with van der Waals surface area (Å²) in [5.41, 5.74) is 0. The van der Waals surface area contributed by atoms with Gasteiger partial charge in [0.05, 0.1) is 0 Å². The SMILES string of the molecule is CCC(=O)N1CCN(CC)C(=O)C1CC. The number of rotatable bonds is 3. The maximum atomic E-state index is 12.0. The number of nitrogens with zero attached hydrogens (tertiary/aromatic N) is 2. The van der Waals surface area contributed by atoms with Crippen LogP contribution in [-0.2, 0) is 9.59 Å². The quantitative estimate of drug-likeness (QED) is 0.696. The number of amides is 2. The molecule has 0 N–H and O–H groups in total. The van der Waals surface area contributed by atoms with Crippen molar-refractivity contribution in [1.29, 1.82) is 0 Å². The minimum atomic E-state index is -0.230. The molecule has 1 aliphatic heterocycles. The molecule has 0 aliphatic carbocycles. The average molecular weight is 212 g/mol. The maximum absolute atomic E-state index is 12.0. The lowest BCUT2D eigenvalue weighted by atomic mass is 10.1. The van der Waals surface area contributed by atoms with E-state index in [1.54, 1.807) is 4.90 Å². The summed E-state index contributed by atoms with van der Waals surface area (Å²) in [5, 5.41) is 0. The van der Waals surface area contributed by atoms with Crippen molar-refractivity contribution >= 4 is 11.8 Å². The zero-order valence-electron chi connectivity index (χ0n) is 9.82. The molecule has 1 atom stereocenters. The lowest BCUT2D eigenvalue weighted by Crippen LogP contribution is -2.58. The van der Waals surface area contributed by atoms with E-state index in [4.69, 9.17) is 0 Å². The summed E-state index contributed by atoms with van der Waals surface area (Å²) in [6.07, 6.45) is 1.19. The number of hydrogen-bond acceptors (Lipinski definition) is 2. The van der Waals surface area contributed by atoms with Crippen molar-refractivity contribution in [2.75, 3.05) is 19.6 Å². The van der Waals surface area contributed by atoms with Crippen molar-refractivity contribution in [1.82, 2.24) is 9.80 Å². The Labute approximate surface area is 91.2 Å². The second kappa shape index (κ2) is 5.14. The Morgan fingerprint density at radius 3 is 2.47 bits per heavy atom. The van der Waals surface area contributed by atoms with Crippen LogP contribution in [0, 0.1) is 0 Å². The van der Waals surface area contributed by atoms with E-state index in [1.807, 2.05) is 25.7 Å². The van der Waals surface area contributed by atoms with Gasteiger partial charge in [-0.25, -0.2) is 0 Å². The van der Waals surface area contributed by atoms with E-state index in [9.17, 15) is 9.59 Å². The van der Waals surface area contributed by atoms with E-state index in [2.05, 4.69) is 0 Å². The molecule has 86 valence electrons. The molecule has 0 aromatic rings. The third-order valence-corrected chi connectivity index (χ3v) is 2.97. The number of carbonyl (C=O) groups excluding carboxylic acids is 2. The summed E-state index contributed by atoms with van der Waals surface area (Å²) in [7, 11) is 0. The molecule has 0 radical (unpaired) electrons. The minimum Gasteiger partial charge on any atom is -0.339 e. The normalized spacial score (nSPS) is 22.1. The average Bonchev–Trinajstić information content (AvgIpc) is 2.27. The van der Waals surface area contributed by atoms with Crippen molar-refractivity contribution in [3.8, 4) is 0 Å². The summed E-state index contributed by atoms with van der Waals surface area (Å²) in [5.74, 6) is 0.194. The van der Waals surface area contributed by atoms with Crippen LogP contribution in [0.2, 0.25) is 0 Å². The van der Waals surface area contributed by atoms with Crippen LogP contribution in [0.15, 0.2) is 0 Å². The molecule has 1 fully saturated rings. The summed E-state index contributed by atoms with van der Waals surface area (Å²) >= 11 is 0. The largest absolute Gasteiger partial charge is 0.339 e. The molecule has 2 amide bonds. The molecule has 1 unspecified atom stereocenters. The molecular weight excluding hydrogens is 192 g/mol. The van der Waals surface area contributed by atoms with Gasteiger partial charge in [0.2, 0.25) is 11.8 Å². The summed E-state index contributed by atoms with van der Waals surface area (Å²) in [4.78, 5) is 27.1. The van der Waals surface area contributed by atoms with Crippen LogP contribution in [-0.4, -0.2) is 47.3 Å². The van der Waals surface area contributed by atoms with E-state index in [0.717, 1.165) is 6.54 Å². The number of hydrogen-bond donors (Lipinski definition) is 0. The van der Waals surface area contributed by atoms with Gasteiger partial charge < -0.3 is 9.80 Å². The molecule has 1 aliphatic rings. The van der Waals surface area contributed by atoms with Gasteiger partial charge in [-0.2, -0.15) is 0 Å². The second-order valence-electron chi connectivity index (χ2n) is 3.78. The third-order valence-electron chi connectivity index (χ3n) is 2.97. The van der Waals surface area contributed by atoms with Crippen molar-refractivity contribution in [2.45, 2.75) is 39.7 Å². The van der Waals surface area contributed by atoms with Gasteiger partial charge in [-0.1, -0.05) is 13.8 Å². The Morgan fingerprint density at radius 2 is 2.00 bits per heavy atom. The van der Waals surface area contributed by atoms with Gasteiger partial charge in [0.15, 0.2) is 0 Å². The number of carbonyl (C=O) groups is 2. The van der Waals surface area contributed by atoms with Crippen molar-refractivity contribution in [3.63, 3.8) is 0 Å². The molecule has 0 saturated carbocycles. The first-order chi connectivity index (χ1) is 7.15. The second-order valence-corrected chi connectivity index (χ2v) is 3.78. The molecule has 0 spiro atoms. The molecule has 1 saturated heterocycles. The molecule has 1 heterocycles. The Balaban J connectivity index is 2.77. The van der Waals surface area contributed by atoms with Gasteiger partial charge in [0.1, 0.15) is 6.04 Å². The van der Waals surface area contributed by atoms with Gasteiger partial charge in [0, 0.05) is 26.1 Å². The number of likely N-dealkylation sites (N-methyl/N-ethyl adjacent to an activating group) is 1. The van der Waals surface area contributed by atoms with Crippen molar-refractivity contribution in [2.24, 2.45) is 0 Å². The van der Waals surface area contributed by atoms with Crippen LogP contribution >= 0.6 is 0 Å². The van der Waals surface area contributed by atoms with Crippen LogP contribution in [0.4, 0.5) is 0 Å². The highest BCUT2D eigenvalue weighted by atomic mass is 16.2. The first kappa shape index (κ1) is 12.0. The van der Waals surface area contributed by atoms with Crippen LogP contribution in [0.1, 0.15) is 33.6 Å². The fourth-order valence-electron chi connectivity index (χ4n) is 2.05. The highest BCUT2D eigenvalue weighted by Crippen LogP contribution is 2.15. The van der Waals surface area contributed by atoms with Crippen LogP contribution < -0.4 is 0 Å². The first-order valence-electron chi connectivity index (χ1n) is 5.73. The molecule has 0 bridgehead atoms. The maximum Gasteiger partial charge on any atom is 0.245 e. The summed E-state index contributed by atoms with van der Waals surface area (Å²) in [6, 6.07) is -0.230. The van der Waals surface area contributed by atoms with E-state index in [0.29, 0.717) is 25.9 Å². The smallest absolute Gasteiger partial charge is 0.245 e. The molecule has 1 rings (SSSR count). The standard InChI is InChI=1S/C11H20N2O2/c1-4-9-11(15)12(6-3)7-8-13(9)10(14)5-2/h9H,4-8H2,1-3H3. The molecule has 0 aromatic heterocycles. The van der Waals surface area contributed by atoms with Gasteiger partial charge in [0.25, 0.3) is 0 Å². The lowest BCUT2D eigenvalue weighted by molar-refractivity contribution is -0.151. The Morgan fingerprint density at radius 1 is 1.33 bits per heavy atom. The Bertz CT molecular complexity index is 253. The molecule has 4 nitrogen and oxygen atoms in total. The van der Waals surface area contributed by atoms with E-state index in [-0.39, 0.29) is 17.9 Å². The highest BCUT2D eigenvalue weighted by molar-refractivity contribution is 5.88. The topological polar surface area (TPSA) is 40.6 Å². The summed E-state index contributed by atoms with van der Waals surface area (Å²) in [6.45, 7) is 7.87. The molecule has 0 aromatic carbocycles. The molecular formula is C11H20N2O2. The number of piperazine rings is 1. The zero-order chi connectivity index (χ0) is 11.4. The highest BCUT2D eigenvalue weighted by Gasteiger charge is 2.34. The lowest BCUT2D eigenvalue weighted by Gasteiger charge is -2.39. The Kier molecular flexibility index (Phi) is 4.12. The third kappa shape index (κ3) is 2.30. The van der Waals surface area contributed by atoms with Crippen LogP contribution in [0.3, 0.4) is 0 Å². The zero-order valence-corrected chi connectivity index (χ0v) is 9.82. The predicted octanol–water partition coefficient (Wildman–Crippen LogP) is 0.866. The van der Waals surface area contributed by atoms with E-state index in [1.165, 1.54) is 0 Å². The fourth-order valence-corrected chi connectivity index (χ4v) is 2.05. The minimum absolute atomic E-state index is 0.0888. The molecule has 15 heavy (non-hydrogen) atoms. The van der Waals surface area contributed by atoms with Gasteiger partial charge in [-0.3, -0.25) is 9.59 Å². The predicted molar refractivity (Wildman–Crippen MR) is 58.3 cm³/mol. The van der Waals surface area contributed by atoms with Gasteiger partial charge in [-0.15, -0.1) is 0 Å². The van der Waals surface area contributed by atoms with Gasteiger partial charge in [-0.05, 0) is 13.3 Å². The fraction of sp³-hybridized carbons (Fsp3) is 0.818. The van der Waals surface area contributed by atoms with Gasteiger partial charge >= 0.3 is 0 Å². The van der Waals surface area contributed by atoms with Crippen molar-refractivity contribution in [3.05, 3.63) is 0 Å². The first-order valence-corrected chi connectivity index (χ1v) is 5.73. The van der Waals surface area contributed by atoms with Crippen molar-refractivity contribution < 1.29 is 9.59 Å². The Hall–Kier alpha value is -1.06. The van der Waals surface area contributed by atoms with Crippen LogP contribution in [0.25, 0.3) is 0 Å². The summed E-state index contributed by atoms with van der Waals surface area (Å²) < 4.78 is 0.